The Morgan fingerprint density at radius 1 is 1.56 bits per heavy atom. The number of thioether (sulfide) groups is 1. The van der Waals surface area contributed by atoms with Crippen LogP contribution in [0.15, 0.2) is 9.95 Å². The smallest absolute Gasteiger partial charge is 0.343 e. The fourth-order valence-corrected chi connectivity index (χ4v) is 2.19. The highest BCUT2D eigenvalue weighted by Crippen LogP contribution is 2.14. The van der Waals surface area contributed by atoms with E-state index < -0.39 is 6.10 Å². The molecule has 1 heterocycles. The van der Waals surface area contributed by atoms with Crippen LogP contribution >= 0.6 is 11.8 Å². The van der Waals surface area contributed by atoms with Crippen LogP contribution < -0.4 is 5.69 Å². The van der Waals surface area contributed by atoms with Gasteiger partial charge in [0.25, 0.3) is 0 Å². The van der Waals surface area contributed by atoms with E-state index in [0.717, 1.165) is 0 Å². The van der Waals surface area contributed by atoms with E-state index >= 15 is 0 Å². The molecule has 18 heavy (non-hydrogen) atoms. The summed E-state index contributed by atoms with van der Waals surface area (Å²) in [5.74, 6) is 0.428. The average Bonchev–Trinajstić information content (AvgIpc) is 2.72. The fraction of sp³-hybridized carbons (Fsp3) is 0.800. The topological polar surface area (TPSA) is 89.4 Å². The molecule has 1 unspecified atom stereocenters. The zero-order valence-electron chi connectivity index (χ0n) is 10.6. The van der Waals surface area contributed by atoms with Crippen LogP contribution in [0.25, 0.3) is 0 Å². The lowest BCUT2D eigenvalue weighted by molar-refractivity contribution is 0.0218. The number of aromatic nitrogens is 3. The van der Waals surface area contributed by atoms with Gasteiger partial charge in [-0.15, -0.1) is 5.10 Å². The van der Waals surface area contributed by atoms with Gasteiger partial charge in [-0.25, -0.2) is 9.89 Å². The van der Waals surface area contributed by atoms with E-state index in [1.165, 1.54) is 16.3 Å². The molecule has 0 aromatic carbocycles. The first-order chi connectivity index (χ1) is 8.69. The number of hydrogen-bond donors (Lipinski definition) is 2. The van der Waals surface area contributed by atoms with Gasteiger partial charge in [0.05, 0.1) is 25.9 Å². The Hall–Kier alpha value is -0.830. The second-order valence-corrected chi connectivity index (χ2v) is 4.58. The van der Waals surface area contributed by atoms with Crippen LogP contribution in [-0.4, -0.2) is 58.7 Å². The number of aromatic amines is 1. The molecule has 1 aromatic heterocycles. The van der Waals surface area contributed by atoms with Gasteiger partial charge in [0.15, 0.2) is 5.16 Å². The first-order valence-electron chi connectivity index (χ1n) is 5.71. The Kier molecular flexibility index (Phi) is 7.02. The number of H-pyrrole nitrogens is 1. The molecule has 0 amide bonds. The van der Waals surface area contributed by atoms with Crippen LogP contribution in [0.3, 0.4) is 0 Å². The standard InChI is InChI=1S/C10H19N3O4S/c1-3-13-9(15)11-12-10(13)18-7-8(14)6-17-5-4-16-2/h8,14H,3-7H2,1-2H3,(H,11,15). The highest BCUT2D eigenvalue weighted by molar-refractivity contribution is 7.99. The van der Waals surface area contributed by atoms with E-state index in [4.69, 9.17) is 9.47 Å². The first kappa shape index (κ1) is 15.2. The molecule has 0 bridgehead atoms. The summed E-state index contributed by atoms with van der Waals surface area (Å²) in [7, 11) is 1.59. The molecule has 1 rings (SSSR count). The van der Waals surface area contributed by atoms with Gasteiger partial charge >= 0.3 is 5.69 Å². The number of nitrogens with one attached hydrogen (secondary N) is 1. The van der Waals surface area contributed by atoms with E-state index in [1.807, 2.05) is 6.92 Å². The number of aliphatic hydroxyl groups is 1. The van der Waals surface area contributed by atoms with Gasteiger partial charge in [0, 0.05) is 19.4 Å². The molecule has 0 spiro atoms. The second kappa shape index (κ2) is 8.30. The van der Waals surface area contributed by atoms with Crippen molar-refractivity contribution in [3.05, 3.63) is 10.5 Å². The summed E-state index contributed by atoms with van der Waals surface area (Å²) in [6, 6.07) is 0. The van der Waals surface area contributed by atoms with Crippen molar-refractivity contribution in [3.63, 3.8) is 0 Å². The monoisotopic (exact) mass is 277 g/mol. The summed E-state index contributed by atoms with van der Waals surface area (Å²) in [5, 5.41) is 16.5. The highest BCUT2D eigenvalue weighted by Gasteiger charge is 2.10. The molecule has 0 aliphatic rings. The molecule has 0 aliphatic heterocycles. The molecule has 0 fully saturated rings. The van der Waals surface area contributed by atoms with Crippen LogP contribution in [0.4, 0.5) is 0 Å². The van der Waals surface area contributed by atoms with Crippen molar-refractivity contribution in [2.24, 2.45) is 0 Å². The van der Waals surface area contributed by atoms with Crippen molar-refractivity contribution < 1.29 is 14.6 Å². The summed E-state index contributed by atoms with van der Waals surface area (Å²) >= 11 is 1.32. The maximum atomic E-state index is 11.3. The van der Waals surface area contributed by atoms with Gasteiger partial charge in [-0.05, 0) is 6.92 Å². The van der Waals surface area contributed by atoms with Crippen molar-refractivity contribution in [1.82, 2.24) is 14.8 Å². The maximum Gasteiger partial charge on any atom is 0.343 e. The van der Waals surface area contributed by atoms with Crippen LogP contribution in [-0.2, 0) is 16.0 Å². The molecule has 1 atom stereocenters. The molecular weight excluding hydrogens is 258 g/mol. The molecule has 8 heteroatoms. The highest BCUT2D eigenvalue weighted by atomic mass is 32.2. The van der Waals surface area contributed by atoms with Crippen LogP contribution in [0.5, 0.6) is 0 Å². The number of hydrogen-bond acceptors (Lipinski definition) is 6. The SMILES string of the molecule is CCn1c(SCC(O)COCCOC)n[nH]c1=O. The maximum absolute atomic E-state index is 11.3. The average molecular weight is 277 g/mol. The fourth-order valence-electron chi connectivity index (χ4n) is 1.27. The summed E-state index contributed by atoms with van der Waals surface area (Å²) in [6.45, 7) is 3.63. The molecule has 0 aliphatic carbocycles. The van der Waals surface area contributed by atoms with Crippen LogP contribution in [0, 0.1) is 0 Å². The lowest BCUT2D eigenvalue weighted by Crippen LogP contribution is -2.20. The number of aliphatic hydroxyl groups excluding tert-OH is 1. The molecular formula is C10H19N3O4S. The van der Waals surface area contributed by atoms with Crippen molar-refractivity contribution in [1.29, 1.82) is 0 Å². The minimum Gasteiger partial charge on any atom is -0.390 e. The Labute approximate surface area is 109 Å². The lowest BCUT2D eigenvalue weighted by Gasteiger charge is -2.10. The molecule has 0 saturated heterocycles. The summed E-state index contributed by atoms with van der Waals surface area (Å²) in [6.07, 6.45) is -0.594. The zero-order chi connectivity index (χ0) is 13.4. The molecule has 0 saturated carbocycles. The Balaban J connectivity index is 2.29. The zero-order valence-corrected chi connectivity index (χ0v) is 11.4. The second-order valence-electron chi connectivity index (χ2n) is 3.59. The lowest BCUT2D eigenvalue weighted by atomic mass is 10.4. The third-order valence-electron chi connectivity index (χ3n) is 2.19. The summed E-state index contributed by atoms with van der Waals surface area (Å²) in [4.78, 5) is 11.3. The molecule has 1 aromatic rings. The predicted molar refractivity (Wildman–Crippen MR) is 67.9 cm³/mol. The third kappa shape index (κ3) is 4.81. The number of rotatable bonds is 9. The largest absolute Gasteiger partial charge is 0.390 e. The quantitative estimate of drug-likeness (QED) is 0.476. The molecule has 0 radical (unpaired) electrons. The molecule has 7 nitrogen and oxygen atoms in total. The van der Waals surface area contributed by atoms with E-state index in [2.05, 4.69) is 10.2 Å². The Morgan fingerprint density at radius 2 is 2.33 bits per heavy atom. The summed E-state index contributed by atoms with van der Waals surface area (Å²) in [5.41, 5.74) is -0.231. The van der Waals surface area contributed by atoms with Gasteiger partial charge in [-0.1, -0.05) is 11.8 Å². The van der Waals surface area contributed by atoms with Gasteiger partial charge in [-0.3, -0.25) is 4.57 Å². The third-order valence-corrected chi connectivity index (χ3v) is 3.31. The van der Waals surface area contributed by atoms with E-state index in [1.54, 1.807) is 7.11 Å². The van der Waals surface area contributed by atoms with E-state index in [9.17, 15) is 9.90 Å². The summed E-state index contributed by atoms with van der Waals surface area (Å²) < 4.78 is 11.5. The number of nitrogens with zero attached hydrogens (tertiary/aromatic N) is 2. The predicted octanol–water partition coefficient (Wildman–Crippen LogP) is -0.293. The normalized spacial score (nSPS) is 12.8. The van der Waals surface area contributed by atoms with Gasteiger partial charge in [0.1, 0.15) is 0 Å². The van der Waals surface area contributed by atoms with Crippen molar-refractivity contribution in [2.45, 2.75) is 24.7 Å². The van der Waals surface area contributed by atoms with Crippen molar-refractivity contribution >= 4 is 11.8 Å². The number of methoxy groups -OCH3 is 1. The van der Waals surface area contributed by atoms with Crippen LogP contribution in [0.2, 0.25) is 0 Å². The van der Waals surface area contributed by atoms with E-state index in [0.29, 0.717) is 30.7 Å². The first-order valence-corrected chi connectivity index (χ1v) is 6.70. The molecule has 2 N–H and O–H groups in total. The van der Waals surface area contributed by atoms with Gasteiger partial charge in [-0.2, -0.15) is 0 Å². The number of ether oxygens (including phenoxy) is 2. The molecule has 104 valence electrons. The van der Waals surface area contributed by atoms with Gasteiger partial charge < -0.3 is 14.6 Å². The Morgan fingerprint density at radius 3 is 3.00 bits per heavy atom. The minimum absolute atomic E-state index is 0.231. The van der Waals surface area contributed by atoms with Crippen molar-refractivity contribution in [2.75, 3.05) is 32.7 Å². The van der Waals surface area contributed by atoms with E-state index in [-0.39, 0.29) is 12.3 Å². The van der Waals surface area contributed by atoms with Gasteiger partial charge in [0.2, 0.25) is 0 Å². The minimum atomic E-state index is -0.594. The van der Waals surface area contributed by atoms with Crippen LogP contribution in [0.1, 0.15) is 6.92 Å². The van der Waals surface area contributed by atoms with Crippen molar-refractivity contribution in [3.8, 4) is 0 Å². The Bertz CT molecular complexity index is 393.